The van der Waals surface area contributed by atoms with E-state index in [1.54, 1.807) is 13.8 Å². The highest BCUT2D eigenvalue weighted by atomic mass is 32.2. The highest BCUT2D eigenvalue weighted by molar-refractivity contribution is 7.89. The van der Waals surface area contributed by atoms with E-state index in [0.29, 0.717) is 0 Å². The van der Waals surface area contributed by atoms with E-state index in [9.17, 15) is 8.42 Å². The lowest BCUT2D eigenvalue weighted by molar-refractivity contribution is 0.479. The Morgan fingerprint density at radius 2 is 2.00 bits per heavy atom. The summed E-state index contributed by atoms with van der Waals surface area (Å²) < 4.78 is 26.2. The molecule has 0 atom stereocenters. The second kappa shape index (κ2) is 5.18. The van der Waals surface area contributed by atoms with Crippen molar-refractivity contribution in [2.24, 2.45) is 5.41 Å². The quantitative estimate of drug-likeness (QED) is 0.888. The van der Waals surface area contributed by atoms with Crippen molar-refractivity contribution < 1.29 is 8.42 Å². The Morgan fingerprint density at radius 3 is 2.56 bits per heavy atom. The summed E-state index contributed by atoms with van der Waals surface area (Å²) in [6.07, 6.45) is 0. The Labute approximate surface area is 107 Å². The van der Waals surface area contributed by atoms with Crippen molar-refractivity contribution >= 4 is 10.0 Å². The van der Waals surface area contributed by atoms with Gasteiger partial charge in [-0.25, -0.2) is 13.1 Å². The third-order valence-electron chi connectivity index (χ3n) is 2.28. The van der Waals surface area contributed by atoms with Gasteiger partial charge in [-0.15, -0.1) is 0 Å². The van der Waals surface area contributed by atoms with Crippen LogP contribution in [0.1, 0.15) is 19.4 Å². The number of hydrogen-bond donors (Lipinski definition) is 1. The van der Waals surface area contributed by atoms with Crippen LogP contribution in [0.2, 0.25) is 0 Å². The Balaban J connectivity index is 2.95. The molecule has 0 saturated carbocycles. The van der Waals surface area contributed by atoms with Crippen LogP contribution in [0.3, 0.4) is 0 Å². The van der Waals surface area contributed by atoms with Gasteiger partial charge >= 0.3 is 0 Å². The maximum absolute atomic E-state index is 11.9. The lowest BCUT2D eigenvalue weighted by Crippen LogP contribution is -2.33. The van der Waals surface area contributed by atoms with E-state index in [0.717, 1.165) is 0 Å². The Bertz CT molecular complexity index is 621. The molecule has 0 fully saturated rings. The smallest absolute Gasteiger partial charge is 0.210 e. The molecule has 0 bridgehead atoms. The third-order valence-corrected chi connectivity index (χ3v) is 3.68. The second-order valence-corrected chi connectivity index (χ2v) is 6.23. The molecule has 1 aromatic rings. The zero-order chi connectivity index (χ0) is 13.8. The fraction of sp³-hybridized carbons (Fsp3) is 0.333. The zero-order valence-electron chi connectivity index (χ0n) is 10.1. The molecule has 0 aliphatic heterocycles. The highest BCUT2D eigenvalue weighted by Crippen LogP contribution is 2.15. The van der Waals surface area contributed by atoms with Gasteiger partial charge in [0.05, 0.1) is 28.0 Å². The van der Waals surface area contributed by atoms with Crippen LogP contribution < -0.4 is 4.72 Å². The van der Waals surface area contributed by atoms with Crippen LogP contribution in [0, 0.1) is 28.1 Å². The van der Waals surface area contributed by atoms with E-state index in [1.807, 2.05) is 12.1 Å². The maximum atomic E-state index is 11.9. The first-order valence-corrected chi connectivity index (χ1v) is 6.70. The standard InChI is InChI=1S/C12H13N3O2S/c1-12(2,8-14)9-15-18(16,17)11-5-3-4-10(6-11)7-13/h3-6,15H,9H2,1-2H3. The minimum Gasteiger partial charge on any atom is -0.210 e. The SMILES string of the molecule is CC(C)(C#N)CNS(=O)(=O)c1cccc(C#N)c1. The first-order chi connectivity index (χ1) is 8.30. The van der Waals surface area contributed by atoms with Gasteiger partial charge in [0.1, 0.15) is 0 Å². The molecule has 1 aromatic carbocycles. The van der Waals surface area contributed by atoms with Gasteiger partial charge in [0, 0.05) is 6.54 Å². The molecule has 5 nitrogen and oxygen atoms in total. The topological polar surface area (TPSA) is 93.8 Å². The molecular formula is C12H13N3O2S. The molecular weight excluding hydrogens is 250 g/mol. The van der Waals surface area contributed by atoms with Crippen molar-refractivity contribution in [3.05, 3.63) is 29.8 Å². The van der Waals surface area contributed by atoms with E-state index in [4.69, 9.17) is 10.5 Å². The first-order valence-electron chi connectivity index (χ1n) is 5.22. The molecule has 0 aliphatic rings. The van der Waals surface area contributed by atoms with Gasteiger partial charge in [-0.1, -0.05) is 6.07 Å². The number of benzene rings is 1. The molecule has 0 heterocycles. The molecule has 1 rings (SSSR count). The summed E-state index contributed by atoms with van der Waals surface area (Å²) in [7, 11) is -3.69. The zero-order valence-corrected chi connectivity index (χ0v) is 11.0. The molecule has 0 spiro atoms. The number of nitrogens with zero attached hydrogens (tertiary/aromatic N) is 2. The van der Waals surface area contributed by atoms with Crippen LogP contribution in [-0.2, 0) is 10.0 Å². The lowest BCUT2D eigenvalue weighted by Gasteiger charge is -2.15. The fourth-order valence-electron chi connectivity index (χ4n) is 1.13. The molecule has 6 heteroatoms. The average molecular weight is 263 g/mol. The van der Waals surface area contributed by atoms with Gasteiger partial charge in [0.25, 0.3) is 0 Å². The first kappa shape index (κ1) is 14.2. The summed E-state index contributed by atoms with van der Waals surface area (Å²) in [5.41, 5.74) is -0.502. The summed E-state index contributed by atoms with van der Waals surface area (Å²) in [6, 6.07) is 9.61. The average Bonchev–Trinajstić information content (AvgIpc) is 2.37. The molecule has 0 amide bonds. The predicted octanol–water partition coefficient (Wildman–Crippen LogP) is 1.39. The van der Waals surface area contributed by atoms with Crippen molar-refractivity contribution in [1.29, 1.82) is 10.5 Å². The van der Waals surface area contributed by atoms with E-state index in [-0.39, 0.29) is 17.0 Å². The van der Waals surface area contributed by atoms with Crippen molar-refractivity contribution in [3.63, 3.8) is 0 Å². The highest BCUT2D eigenvalue weighted by Gasteiger charge is 2.21. The van der Waals surface area contributed by atoms with Crippen LogP contribution in [-0.4, -0.2) is 15.0 Å². The summed E-state index contributed by atoms with van der Waals surface area (Å²) in [6.45, 7) is 3.30. The number of nitrogens with one attached hydrogen (secondary N) is 1. The maximum Gasteiger partial charge on any atom is 0.240 e. The molecule has 18 heavy (non-hydrogen) atoms. The number of hydrogen-bond acceptors (Lipinski definition) is 4. The second-order valence-electron chi connectivity index (χ2n) is 4.46. The van der Waals surface area contributed by atoms with Gasteiger partial charge in [-0.3, -0.25) is 0 Å². The van der Waals surface area contributed by atoms with Crippen molar-refractivity contribution in [2.45, 2.75) is 18.7 Å². The normalized spacial score (nSPS) is 11.6. The monoisotopic (exact) mass is 263 g/mol. The van der Waals surface area contributed by atoms with Crippen molar-refractivity contribution in [2.75, 3.05) is 6.54 Å². The Morgan fingerprint density at radius 1 is 1.33 bits per heavy atom. The minimum atomic E-state index is -3.69. The van der Waals surface area contributed by atoms with Crippen LogP contribution >= 0.6 is 0 Å². The van der Waals surface area contributed by atoms with Gasteiger partial charge in [0.15, 0.2) is 0 Å². The minimum absolute atomic E-state index is 0.0165. The van der Waals surface area contributed by atoms with E-state index >= 15 is 0 Å². The Kier molecular flexibility index (Phi) is 4.07. The molecule has 0 radical (unpaired) electrons. The van der Waals surface area contributed by atoms with Crippen molar-refractivity contribution in [3.8, 4) is 12.1 Å². The number of sulfonamides is 1. The van der Waals surface area contributed by atoms with Crippen molar-refractivity contribution in [1.82, 2.24) is 4.72 Å². The molecule has 1 N–H and O–H groups in total. The Hall–Kier alpha value is -1.89. The van der Waals surface area contributed by atoms with Gasteiger partial charge in [0.2, 0.25) is 10.0 Å². The summed E-state index contributed by atoms with van der Waals surface area (Å²) in [4.78, 5) is 0.0234. The van der Waals surface area contributed by atoms with Crippen LogP contribution in [0.5, 0.6) is 0 Å². The largest absolute Gasteiger partial charge is 0.240 e. The molecule has 0 unspecified atom stereocenters. The van der Waals surface area contributed by atoms with E-state index < -0.39 is 15.4 Å². The number of rotatable bonds is 4. The lowest BCUT2D eigenvalue weighted by atomic mass is 9.97. The number of nitriles is 2. The molecule has 0 aromatic heterocycles. The van der Waals surface area contributed by atoms with Crippen LogP contribution in [0.4, 0.5) is 0 Å². The molecule has 0 aliphatic carbocycles. The van der Waals surface area contributed by atoms with Crippen LogP contribution in [0.15, 0.2) is 29.2 Å². The van der Waals surface area contributed by atoms with Gasteiger partial charge in [-0.2, -0.15) is 10.5 Å². The van der Waals surface area contributed by atoms with E-state index in [2.05, 4.69) is 4.72 Å². The summed E-state index contributed by atoms with van der Waals surface area (Å²) in [5, 5.41) is 17.5. The van der Waals surface area contributed by atoms with Gasteiger partial charge in [-0.05, 0) is 32.0 Å². The third kappa shape index (κ3) is 3.56. The summed E-state index contributed by atoms with van der Waals surface area (Å²) in [5.74, 6) is 0. The van der Waals surface area contributed by atoms with E-state index in [1.165, 1.54) is 24.3 Å². The van der Waals surface area contributed by atoms with Gasteiger partial charge < -0.3 is 0 Å². The fourth-order valence-corrected chi connectivity index (χ4v) is 2.39. The molecule has 0 saturated heterocycles. The van der Waals surface area contributed by atoms with Crippen LogP contribution in [0.25, 0.3) is 0 Å². The molecule has 94 valence electrons. The predicted molar refractivity (Wildman–Crippen MR) is 65.7 cm³/mol. The summed E-state index contributed by atoms with van der Waals surface area (Å²) >= 11 is 0.